The van der Waals surface area contributed by atoms with Crippen LogP contribution in [0.2, 0.25) is 0 Å². The molecule has 20 heavy (non-hydrogen) atoms. The third-order valence-electron chi connectivity index (χ3n) is 2.87. The minimum atomic E-state index is -1.10. The highest BCUT2D eigenvalue weighted by Gasteiger charge is 2.09. The maximum Gasteiger partial charge on any atom is 0.358 e. The van der Waals surface area contributed by atoms with E-state index in [0.717, 1.165) is 0 Å². The van der Waals surface area contributed by atoms with Gasteiger partial charge in [-0.2, -0.15) is 0 Å². The van der Waals surface area contributed by atoms with Crippen LogP contribution in [0.25, 0.3) is 0 Å². The molecule has 6 nitrogen and oxygen atoms in total. The van der Waals surface area contributed by atoms with Gasteiger partial charge in [0, 0.05) is 18.7 Å². The molecule has 106 valence electrons. The molecule has 2 aromatic rings. The van der Waals surface area contributed by atoms with Crippen LogP contribution in [0, 0.1) is 5.82 Å². The lowest BCUT2D eigenvalue weighted by molar-refractivity contribution is 0.0690. The second kappa shape index (κ2) is 6.25. The first-order valence-corrected chi connectivity index (χ1v) is 6.11. The van der Waals surface area contributed by atoms with Gasteiger partial charge in [0.05, 0.1) is 12.7 Å². The zero-order valence-corrected chi connectivity index (χ0v) is 11.0. The number of hydrogen-bond donors (Lipinski definition) is 1. The summed E-state index contributed by atoms with van der Waals surface area (Å²) in [6.45, 7) is 1.58. The Hall–Kier alpha value is -2.28. The van der Waals surface area contributed by atoms with Crippen molar-refractivity contribution in [3.63, 3.8) is 0 Å². The summed E-state index contributed by atoms with van der Waals surface area (Å²) >= 11 is 0. The summed E-state index contributed by atoms with van der Waals surface area (Å²) in [4.78, 5) is 12.6. The normalized spacial score (nSPS) is 10.9. The van der Waals surface area contributed by atoms with Crippen LogP contribution in [0.15, 0.2) is 30.5 Å². The van der Waals surface area contributed by atoms with Gasteiger partial charge < -0.3 is 10.0 Å². The molecular weight excluding hydrogens is 263 g/mol. The molecule has 0 aliphatic rings. The van der Waals surface area contributed by atoms with Crippen LogP contribution in [-0.4, -0.2) is 44.6 Å². The molecule has 1 N–H and O–H groups in total. The summed E-state index contributed by atoms with van der Waals surface area (Å²) in [7, 11) is 1.86. The Labute approximate surface area is 115 Å². The van der Waals surface area contributed by atoms with Crippen molar-refractivity contribution < 1.29 is 14.3 Å². The minimum absolute atomic E-state index is 0.0817. The molecule has 0 unspecified atom stereocenters. The lowest BCUT2D eigenvalue weighted by Gasteiger charge is -2.16. The van der Waals surface area contributed by atoms with Gasteiger partial charge in [-0.05, 0) is 13.1 Å². The highest BCUT2D eigenvalue weighted by atomic mass is 19.1. The van der Waals surface area contributed by atoms with E-state index in [1.54, 1.807) is 18.2 Å². The summed E-state index contributed by atoms with van der Waals surface area (Å²) in [5, 5.41) is 16.0. The Balaban J connectivity index is 1.87. The number of carbonyl (C=O) groups is 1. The fourth-order valence-corrected chi connectivity index (χ4v) is 1.78. The summed E-state index contributed by atoms with van der Waals surface area (Å²) in [5.41, 5.74) is 0.543. The quantitative estimate of drug-likeness (QED) is 0.861. The van der Waals surface area contributed by atoms with E-state index in [1.165, 1.54) is 16.9 Å². The molecule has 0 fully saturated rings. The van der Waals surface area contributed by atoms with Crippen molar-refractivity contribution in [3.8, 4) is 0 Å². The fourth-order valence-electron chi connectivity index (χ4n) is 1.78. The molecule has 0 saturated carbocycles. The van der Waals surface area contributed by atoms with Crippen molar-refractivity contribution in [2.45, 2.75) is 13.1 Å². The van der Waals surface area contributed by atoms with E-state index in [0.29, 0.717) is 25.2 Å². The number of hydrogen-bond acceptors (Lipinski definition) is 4. The topological polar surface area (TPSA) is 71.2 Å². The maximum atomic E-state index is 13.5. The molecule has 0 amide bonds. The molecule has 0 aliphatic heterocycles. The number of nitrogens with zero attached hydrogens (tertiary/aromatic N) is 4. The highest BCUT2D eigenvalue weighted by molar-refractivity contribution is 5.84. The number of benzene rings is 1. The molecule has 1 aromatic carbocycles. The van der Waals surface area contributed by atoms with Crippen LogP contribution in [0.1, 0.15) is 16.1 Å². The Morgan fingerprint density at radius 2 is 2.20 bits per heavy atom. The van der Waals surface area contributed by atoms with Crippen molar-refractivity contribution in [2.24, 2.45) is 0 Å². The molecule has 7 heteroatoms. The Bertz CT molecular complexity index is 600. The van der Waals surface area contributed by atoms with E-state index in [1.807, 2.05) is 11.9 Å². The van der Waals surface area contributed by atoms with Gasteiger partial charge in [0.25, 0.3) is 0 Å². The molecule has 0 atom stereocenters. The monoisotopic (exact) mass is 278 g/mol. The van der Waals surface area contributed by atoms with Crippen molar-refractivity contribution >= 4 is 5.97 Å². The number of halogens is 1. The molecule has 0 bridgehead atoms. The summed E-state index contributed by atoms with van der Waals surface area (Å²) < 4.78 is 14.9. The van der Waals surface area contributed by atoms with Gasteiger partial charge in [-0.15, -0.1) is 5.10 Å². The highest BCUT2D eigenvalue weighted by Crippen LogP contribution is 2.08. The van der Waals surface area contributed by atoms with Crippen LogP contribution in [0.4, 0.5) is 4.39 Å². The van der Waals surface area contributed by atoms with Gasteiger partial charge in [-0.3, -0.25) is 4.68 Å². The number of rotatable bonds is 6. The van der Waals surface area contributed by atoms with E-state index >= 15 is 0 Å². The van der Waals surface area contributed by atoms with Crippen molar-refractivity contribution in [2.75, 3.05) is 13.6 Å². The molecule has 0 aliphatic carbocycles. The zero-order valence-electron chi connectivity index (χ0n) is 11.0. The Kier molecular flexibility index (Phi) is 4.41. The van der Waals surface area contributed by atoms with Crippen molar-refractivity contribution in [1.82, 2.24) is 19.9 Å². The van der Waals surface area contributed by atoms with Gasteiger partial charge in [0.15, 0.2) is 5.69 Å². The van der Waals surface area contributed by atoms with Crippen LogP contribution in [0.5, 0.6) is 0 Å². The fraction of sp³-hybridized carbons (Fsp3) is 0.308. The predicted molar refractivity (Wildman–Crippen MR) is 69.7 cm³/mol. The van der Waals surface area contributed by atoms with E-state index in [-0.39, 0.29) is 11.5 Å². The first kappa shape index (κ1) is 14.1. The average molecular weight is 278 g/mol. The van der Waals surface area contributed by atoms with Gasteiger partial charge in [-0.25, -0.2) is 9.18 Å². The zero-order chi connectivity index (χ0) is 14.5. The number of carboxylic acid groups (broad SMARTS) is 1. The second-order valence-corrected chi connectivity index (χ2v) is 4.50. The third-order valence-corrected chi connectivity index (χ3v) is 2.87. The molecule has 0 radical (unpaired) electrons. The lowest BCUT2D eigenvalue weighted by Crippen LogP contribution is -2.23. The molecule has 0 saturated heterocycles. The van der Waals surface area contributed by atoms with Crippen molar-refractivity contribution in [1.29, 1.82) is 0 Å². The van der Waals surface area contributed by atoms with E-state index in [4.69, 9.17) is 5.11 Å². The van der Waals surface area contributed by atoms with Gasteiger partial charge in [0.1, 0.15) is 5.82 Å². The Morgan fingerprint density at radius 1 is 1.45 bits per heavy atom. The first-order valence-electron chi connectivity index (χ1n) is 6.11. The molecule has 0 spiro atoms. The van der Waals surface area contributed by atoms with Gasteiger partial charge in [-0.1, -0.05) is 23.4 Å². The summed E-state index contributed by atoms with van der Waals surface area (Å²) in [5.74, 6) is -1.33. The van der Waals surface area contributed by atoms with E-state index in [2.05, 4.69) is 10.3 Å². The summed E-state index contributed by atoms with van der Waals surface area (Å²) in [6.07, 6.45) is 1.37. The molecule has 1 heterocycles. The van der Waals surface area contributed by atoms with Crippen LogP contribution in [0.3, 0.4) is 0 Å². The molecule has 2 rings (SSSR count). The predicted octanol–water partition coefficient (Wildman–Crippen LogP) is 1.25. The number of aromatic carboxylic acids is 1. The first-order chi connectivity index (χ1) is 9.56. The van der Waals surface area contributed by atoms with Crippen LogP contribution >= 0.6 is 0 Å². The van der Waals surface area contributed by atoms with E-state index in [9.17, 15) is 9.18 Å². The summed E-state index contributed by atoms with van der Waals surface area (Å²) in [6, 6.07) is 6.62. The Morgan fingerprint density at radius 3 is 2.85 bits per heavy atom. The van der Waals surface area contributed by atoms with Crippen molar-refractivity contribution in [3.05, 3.63) is 47.5 Å². The SMILES string of the molecule is CN(CCn1cc(C(=O)O)nn1)Cc1ccccc1F. The standard InChI is InChI=1S/C13H15FN4O2/c1-17(8-10-4-2-3-5-11(10)14)6-7-18-9-12(13(19)20)15-16-18/h2-5,9H,6-8H2,1H3,(H,19,20). The maximum absolute atomic E-state index is 13.5. The third kappa shape index (κ3) is 3.61. The number of carboxylic acids is 1. The lowest BCUT2D eigenvalue weighted by atomic mass is 10.2. The average Bonchev–Trinajstić information content (AvgIpc) is 2.88. The van der Waals surface area contributed by atoms with Gasteiger partial charge >= 0.3 is 5.97 Å². The molecule has 1 aromatic heterocycles. The minimum Gasteiger partial charge on any atom is -0.476 e. The van der Waals surface area contributed by atoms with Crippen LogP contribution in [-0.2, 0) is 13.1 Å². The number of aromatic nitrogens is 3. The smallest absolute Gasteiger partial charge is 0.358 e. The van der Waals surface area contributed by atoms with Gasteiger partial charge in [0.2, 0.25) is 0 Å². The largest absolute Gasteiger partial charge is 0.476 e. The van der Waals surface area contributed by atoms with E-state index < -0.39 is 5.97 Å². The second-order valence-electron chi connectivity index (χ2n) is 4.50. The van der Waals surface area contributed by atoms with Crippen LogP contribution < -0.4 is 0 Å². The number of likely N-dealkylation sites (N-methyl/N-ethyl adjacent to an activating group) is 1. The molecular formula is C13H15FN4O2.